The van der Waals surface area contributed by atoms with Crippen LogP contribution in [-0.2, 0) is 5.41 Å². The monoisotopic (exact) mass is 285 g/mol. The predicted octanol–water partition coefficient (Wildman–Crippen LogP) is 3.03. The van der Waals surface area contributed by atoms with Crippen LogP contribution in [0.2, 0.25) is 0 Å². The van der Waals surface area contributed by atoms with E-state index in [4.69, 9.17) is 5.73 Å². The van der Waals surface area contributed by atoms with Gasteiger partial charge in [0, 0.05) is 5.56 Å². The second-order valence-electron chi connectivity index (χ2n) is 6.02. The summed E-state index contributed by atoms with van der Waals surface area (Å²) in [6.07, 6.45) is 0. The lowest BCUT2D eigenvalue weighted by atomic mass is 9.86. The number of nitrogens with zero attached hydrogens (tertiary/aromatic N) is 2. The van der Waals surface area contributed by atoms with E-state index >= 15 is 0 Å². The third-order valence-corrected chi connectivity index (χ3v) is 3.35. The van der Waals surface area contributed by atoms with E-state index in [1.807, 2.05) is 24.3 Å². The first kappa shape index (κ1) is 15.0. The van der Waals surface area contributed by atoms with Gasteiger partial charge in [0.15, 0.2) is 0 Å². The molecule has 0 bridgehead atoms. The molecule has 0 spiro atoms. The van der Waals surface area contributed by atoms with Crippen molar-refractivity contribution in [3.8, 4) is 11.3 Å². The molecule has 0 radical (unpaired) electrons. The summed E-state index contributed by atoms with van der Waals surface area (Å²) >= 11 is 0. The largest absolute Gasteiger partial charge is 0.478 e. The zero-order valence-corrected chi connectivity index (χ0v) is 12.6. The Morgan fingerprint density at radius 2 is 1.71 bits per heavy atom. The van der Waals surface area contributed by atoms with Crippen LogP contribution >= 0.6 is 0 Å². The van der Waals surface area contributed by atoms with Gasteiger partial charge in [0.05, 0.1) is 11.4 Å². The second-order valence-corrected chi connectivity index (χ2v) is 6.02. The first-order valence-electron chi connectivity index (χ1n) is 6.68. The fraction of sp³-hybridized carbons (Fsp3) is 0.312. The maximum absolute atomic E-state index is 11.4. The van der Waals surface area contributed by atoms with Crippen molar-refractivity contribution >= 4 is 11.9 Å². The van der Waals surface area contributed by atoms with Crippen LogP contribution in [0.25, 0.3) is 11.3 Å². The lowest BCUT2D eigenvalue weighted by Gasteiger charge is -2.19. The number of aromatic nitrogens is 2. The molecule has 0 saturated heterocycles. The number of nitrogen functional groups attached to an aromatic ring is 1. The molecular formula is C16H19N3O2. The van der Waals surface area contributed by atoms with Gasteiger partial charge >= 0.3 is 5.97 Å². The van der Waals surface area contributed by atoms with Crippen molar-refractivity contribution in [2.75, 3.05) is 5.73 Å². The van der Waals surface area contributed by atoms with E-state index in [9.17, 15) is 9.90 Å². The molecule has 0 atom stereocenters. The average Bonchev–Trinajstić information content (AvgIpc) is 2.36. The number of aromatic carboxylic acids is 1. The van der Waals surface area contributed by atoms with Crippen molar-refractivity contribution in [3.05, 3.63) is 41.1 Å². The zero-order chi connectivity index (χ0) is 15.8. The molecule has 2 rings (SSSR count). The highest BCUT2D eigenvalue weighted by Crippen LogP contribution is 2.28. The molecule has 2 aromatic rings. The predicted molar refractivity (Wildman–Crippen MR) is 82.3 cm³/mol. The van der Waals surface area contributed by atoms with Gasteiger partial charge in [-0.3, -0.25) is 0 Å². The molecule has 0 aliphatic rings. The zero-order valence-electron chi connectivity index (χ0n) is 12.6. The highest BCUT2D eigenvalue weighted by atomic mass is 16.4. The fourth-order valence-electron chi connectivity index (χ4n) is 2.19. The van der Waals surface area contributed by atoms with Gasteiger partial charge in [-0.2, -0.15) is 0 Å². The Hall–Kier alpha value is -2.43. The van der Waals surface area contributed by atoms with Gasteiger partial charge in [0.2, 0.25) is 5.95 Å². The van der Waals surface area contributed by atoms with Crippen molar-refractivity contribution < 1.29 is 9.90 Å². The Balaban J connectivity index is 2.59. The van der Waals surface area contributed by atoms with Crippen LogP contribution in [0, 0.1) is 6.92 Å². The van der Waals surface area contributed by atoms with Crippen LogP contribution in [0.5, 0.6) is 0 Å². The molecule has 0 amide bonds. The summed E-state index contributed by atoms with van der Waals surface area (Å²) in [6, 6.07) is 7.70. The number of carboxylic acids is 1. The molecule has 3 N–H and O–H groups in total. The summed E-state index contributed by atoms with van der Waals surface area (Å²) in [5.74, 6) is -0.977. The summed E-state index contributed by atoms with van der Waals surface area (Å²) in [5.41, 5.74) is 8.39. The van der Waals surface area contributed by atoms with Crippen LogP contribution in [-0.4, -0.2) is 21.0 Å². The number of hydrogen-bond acceptors (Lipinski definition) is 4. The van der Waals surface area contributed by atoms with Crippen LogP contribution in [0.15, 0.2) is 24.3 Å². The Morgan fingerprint density at radius 1 is 1.14 bits per heavy atom. The van der Waals surface area contributed by atoms with E-state index in [1.165, 1.54) is 5.56 Å². The topological polar surface area (TPSA) is 89.1 Å². The number of rotatable bonds is 2. The van der Waals surface area contributed by atoms with Gasteiger partial charge < -0.3 is 10.8 Å². The number of hydrogen-bond donors (Lipinski definition) is 2. The third kappa shape index (κ3) is 3.02. The van der Waals surface area contributed by atoms with Crippen molar-refractivity contribution in [2.45, 2.75) is 33.1 Å². The van der Waals surface area contributed by atoms with Gasteiger partial charge in [-0.1, -0.05) is 45.0 Å². The molecule has 0 unspecified atom stereocenters. The highest BCUT2D eigenvalue weighted by Gasteiger charge is 2.19. The lowest BCUT2D eigenvalue weighted by molar-refractivity contribution is 0.0696. The smallest absolute Gasteiger partial charge is 0.339 e. The van der Waals surface area contributed by atoms with E-state index < -0.39 is 5.97 Å². The fourth-order valence-corrected chi connectivity index (χ4v) is 2.19. The third-order valence-electron chi connectivity index (χ3n) is 3.35. The van der Waals surface area contributed by atoms with E-state index in [2.05, 4.69) is 30.7 Å². The summed E-state index contributed by atoms with van der Waals surface area (Å²) in [5, 5.41) is 9.36. The lowest BCUT2D eigenvalue weighted by Crippen LogP contribution is -2.11. The highest BCUT2D eigenvalue weighted by molar-refractivity contribution is 5.96. The number of benzene rings is 1. The Bertz CT molecular complexity index is 686. The molecular weight excluding hydrogens is 266 g/mol. The van der Waals surface area contributed by atoms with Crippen molar-refractivity contribution in [1.82, 2.24) is 9.97 Å². The molecule has 110 valence electrons. The Morgan fingerprint density at radius 3 is 2.19 bits per heavy atom. The molecule has 0 fully saturated rings. The molecule has 1 aromatic carbocycles. The van der Waals surface area contributed by atoms with Gasteiger partial charge in [-0.15, -0.1) is 0 Å². The minimum atomic E-state index is -1.05. The van der Waals surface area contributed by atoms with Gasteiger partial charge in [0.25, 0.3) is 0 Å². The SMILES string of the molecule is Cc1nc(N)nc(-c2ccc(C(C)(C)C)cc2)c1C(=O)O. The van der Waals surface area contributed by atoms with E-state index in [0.29, 0.717) is 11.4 Å². The maximum Gasteiger partial charge on any atom is 0.339 e. The van der Waals surface area contributed by atoms with Crippen molar-refractivity contribution in [3.63, 3.8) is 0 Å². The molecule has 1 aromatic heterocycles. The van der Waals surface area contributed by atoms with Crippen LogP contribution in [0.1, 0.15) is 42.4 Å². The summed E-state index contributed by atoms with van der Waals surface area (Å²) in [7, 11) is 0. The molecule has 1 heterocycles. The average molecular weight is 285 g/mol. The quantitative estimate of drug-likeness (QED) is 0.885. The number of anilines is 1. The number of carboxylic acid groups (broad SMARTS) is 1. The first-order valence-corrected chi connectivity index (χ1v) is 6.68. The standard InChI is InChI=1S/C16H19N3O2/c1-9-12(14(20)21)13(19-15(17)18-9)10-5-7-11(8-6-10)16(2,3)4/h5-8H,1-4H3,(H,20,21)(H2,17,18,19). The Kier molecular flexibility index (Phi) is 3.68. The molecule has 0 aliphatic heterocycles. The number of nitrogens with two attached hydrogens (primary N) is 1. The van der Waals surface area contributed by atoms with Crippen LogP contribution < -0.4 is 5.73 Å². The van der Waals surface area contributed by atoms with Gasteiger partial charge in [0.1, 0.15) is 5.56 Å². The molecule has 21 heavy (non-hydrogen) atoms. The molecule has 5 nitrogen and oxygen atoms in total. The summed E-state index contributed by atoms with van der Waals surface area (Å²) in [6.45, 7) is 7.99. The number of aryl methyl sites for hydroxylation is 1. The molecule has 0 aliphatic carbocycles. The minimum Gasteiger partial charge on any atom is -0.478 e. The van der Waals surface area contributed by atoms with E-state index in [-0.39, 0.29) is 16.9 Å². The van der Waals surface area contributed by atoms with Crippen molar-refractivity contribution in [2.24, 2.45) is 0 Å². The van der Waals surface area contributed by atoms with Crippen LogP contribution in [0.4, 0.5) is 5.95 Å². The van der Waals surface area contributed by atoms with Crippen molar-refractivity contribution in [1.29, 1.82) is 0 Å². The van der Waals surface area contributed by atoms with E-state index in [1.54, 1.807) is 6.92 Å². The second kappa shape index (κ2) is 5.16. The number of carbonyl (C=O) groups is 1. The summed E-state index contributed by atoms with van der Waals surface area (Å²) in [4.78, 5) is 19.5. The Labute approximate surface area is 123 Å². The van der Waals surface area contributed by atoms with Gasteiger partial charge in [-0.05, 0) is 17.9 Å². The van der Waals surface area contributed by atoms with Crippen LogP contribution in [0.3, 0.4) is 0 Å². The van der Waals surface area contributed by atoms with Gasteiger partial charge in [-0.25, -0.2) is 14.8 Å². The van der Waals surface area contributed by atoms with E-state index in [0.717, 1.165) is 5.56 Å². The molecule has 5 heteroatoms. The summed E-state index contributed by atoms with van der Waals surface area (Å²) < 4.78 is 0. The maximum atomic E-state index is 11.4. The first-order chi connectivity index (χ1) is 9.70. The minimum absolute atomic E-state index is 0.0365. The normalized spacial score (nSPS) is 11.4. The molecule has 0 saturated carbocycles.